The van der Waals surface area contributed by atoms with Crippen LogP contribution in [-0.4, -0.2) is 47.7 Å². The SMILES string of the molecule is COc1ccc2[nH]cc(CCN(C)c3nccc(N(C)c4ccc5[nH]c(C)cc5c4)n3)c2c1. The molecular formula is C26H28N6O. The van der Waals surface area contributed by atoms with Crippen LogP contribution in [-0.2, 0) is 6.42 Å². The van der Waals surface area contributed by atoms with Crippen LogP contribution in [0.4, 0.5) is 17.5 Å². The lowest BCUT2D eigenvalue weighted by Crippen LogP contribution is -2.23. The molecule has 5 rings (SSSR count). The summed E-state index contributed by atoms with van der Waals surface area (Å²) >= 11 is 0. The maximum atomic E-state index is 5.39. The van der Waals surface area contributed by atoms with Crippen LogP contribution in [0.1, 0.15) is 11.3 Å². The van der Waals surface area contributed by atoms with Gasteiger partial charge in [-0.3, -0.25) is 0 Å². The molecule has 0 bridgehead atoms. The summed E-state index contributed by atoms with van der Waals surface area (Å²) in [6.07, 6.45) is 4.76. The number of anilines is 3. The van der Waals surface area contributed by atoms with E-state index in [1.54, 1.807) is 7.11 Å². The Balaban J connectivity index is 1.33. The first kappa shape index (κ1) is 20.9. The maximum absolute atomic E-state index is 5.39. The number of likely N-dealkylation sites (N-methyl/N-ethyl adjacent to an activating group) is 1. The highest BCUT2D eigenvalue weighted by Crippen LogP contribution is 2.27. The minimum absolute atomic E-state index is 0.704. The fourth-order valence-electron chi connectivity index (χ4n) is 4.20. The second-order valence-electron chi connectivity index (χ2n) is 8.39. The van der Waals surface area contributed by atoms with Crippen molar-refractivity contribution in [2.45, 2.75) is 13.3 Å². The number of methoxy groups -OCH3 is 1. The average Bonchev–Trinajstić information content (AvgIpc) is 3.43. The zero-order chi connectivity index (χ0) is 22.9. The third-order valence-electron chi connectivity index (χ3n) is 6.13. The van der Waals surface area contributed by atoms with Gasteiger partial charge >= 0.3 is 0 Å². The Bertz CT molecular complexity index is 1420. The Labute approximate surface area is 193 Å². The molecule has 3 aromatic heterocycles. The standard InChI is InChI=1S/C26H28N6O/c1-17-13-19-14-20(5-7-23(19)29-17)32(3)25-9-11-27-26(30-25)31(2)12-10-18-16-28-24-8-6-21(33-4)15-22(18)24/h5-9,11,13-16,28-29H,10,12H2,1-4H3. The molecule has 0 aliphatic carbocycles. The van der Waals surface area contributed by atoms with Gasteiger partial charge in [0.1, 0.15) is 11.6 Å². The number of aryl methyl sites for hydroxylation is 1. The van der Waals surface area contributed by atoms with Gasteiger partial charge in [-0.05, 0) is 67.4 Å². The highest BCUT2D eigenvalue weighted by Gasteiger charge is 2.12. The highest BCUT2D eigenvalue weighted by molar-refractivity contribution is 5.85. The van der Waals surface area contributed by atoms with E-state index in [0.717, 1.165) is 46.9 Å². The Hall–Kier alpha value is -4.00. The first-order valence-corrected chi connectivity index (χ1v) is 11.0. The van der Waals surface area contributed by atoms with Crippen molar-refractivity contribution < 1.29 is 4.74 Å². The van der Waals surface area contributed by atoms with E-state index >= 15 is 0 Å². The number of H-pyrrole nitrogens is 2. The molecule has 5 aromatic rings. The lowest BCUT2D eigenvalue weighted by molar-refractivity contribution is 0.415. The van der Waals surface area contributed by atoms with Gasteiger partial charge in [0.05, 0.1) is 7.11 Å². The van der Waals surface area contributed by atoms with Crippen LogP contribution in [0.15, 0.2) is 60.9 Å². The summed E-state index contributed by atoms with van der Waals surface area (Å²) in [5.74, 6) is 2.43. The molecule has 7 nitrogen and oxygen atoms in total. The second kappa shape index (κ2) is 8.50. The lowest BCUT2D eigenvalue weighted by Gasteiger charge is -2.22. The average molecular weight is 441 g/mol. The van der Waals surface area contributed by atoms with Gasteiger partial charge in [-0.25, -0.2) is 4.98 Å². The van der Waals surface area contributed by atoms with Gasteiger partial charge < -0.3 is 24.5 Å². The van der Waals surface area contributed by atoms with Gasteiger partial charge in [0.25, 0.3) is 0 Å². The lowest BCUT2D eigenvalue weighted by atomic mass is 10.1. The van der Waals surface area contributed by atoms with E-state index in [0.29, 0.717) is 5.95 Å². The van der Waals surface area contributed by atoms with Gasteiger partial charge in [0.15, 0.2) is 0 Å². The molecule has 7 heteroatoms. The van der Waals surface area contributed by atoms with Crippen LogP contribution in [0.3, 0.4) is 0 Å². The van der Waals surface area contributed by atoms with Gasteiger partial charge in [-0.1, -0.05) is 0 Å². The fourth-order valence-corrected chi connectivity index (χ4v) is 4.20. The number of ether oxygens (including phenoxy) is 1. The van der Waals surface area contributed by atoms with Crippen LogP contribution in [0.25, 0.3) is 21.8 Å². The molecule has 0 amide bonds. The van der Waals surface area contributed by atoms with E-state index in [-0.39, 0.29) is 0 Å². The summed E-state index contributed by atoms with van der Waals surface area (Å²) in [4.78, 5) is 20.2. The monoisotopic (exact) mass is 440 g/mol. The van der Waals surface area contributed by atoms with Crippen LogP contribution >= 0.6 is 0 Å². The zero-order valence-corrected chi connectivity index (χ0v) is 19.4. The van der Waals surface area contributed by atoms with Crippen molar-refractivity contribution in [2.75, 3.05) is 37.5 Å². The minimum atomic E-state index is 0.704. The van der Waals surface area contributed by atoms with Gasteiger partial charge in [0.2, 0.25) is 5.95 Å². The van der Waals surface area contributed by atoms with Crippen LogP contribution in [0.2, 0.25) is 0 Å². The van der Waals surface area contributed by atoms with Crippen LogP contribution in [0.5, 0.6) is 5.75 Å². The highest BCUT2D eigenvalue weighted by atomic mass is 16.5. The summed E-state index contributed by atoms with van der Waals surface area (Å²) < 4.78 is 5.39. The van der Waals surface area contributed by atoms with E-state index < -0.39 is 0 Å². The van der Waals surface area contributed by atoms with Crippen LogP contribution < -0.4 is 14.5 Å². The molecule has 3 heterocycles. The number of nitrogens with one attached hydrogen (secondary N) is 2. The van der Waals surface area contributed by atoms with Crippen molar-refractivity contribution in [3.63, 3.8) is 0 Å². The Morgan fingerprint density at radius 2 is 1.85 bits per heavy atom. The number of rotatable bonds is 7. The third kappa shape index (κ3) is 4.09. The molecule has 0 radical (unpaired) electrons. The molecule has 33 heavy (non-hydrogen) atoms. The van der Waals surface area contributed by atoms with Crippen molar-refractivity contribution >= 4 is 39.3 Å². The van der Waals surface area contributed by atoms with Crippen LogP contribution in [0, 0.1) is 6.92 Å². The summed E-state index contributed by atoms with van der Waals surface area (Å²) in [5, 5.41) is 2.38. The van der Waals surface area contributed by atoms with E-state index in [1.807, 2.05) is 32.4 Å². The zero-order valence-electron chi connectivity index (χ0n) is 19.4. The smallest absolute Gasteiger partial charge is 0.227 e. The number of hydrogen-bond donors (Lipinski definition) is 2. The largest absolute Gasteiger partial charge is 0.497 e. The molecule has 0 saturated heterocycles. The molecule has 0 aliphatic heterocycles. The molecule has 0 spiro atoms. The topological polar surface area (TPSA) is 73.1 Å². The van der Waals surface area contributed by atoms with Gasteiger partial charge in [0, 0.05) is 66.2 Å². The Kier molecular flexibility index (Phi) is 5.38. The van der Waals surface area contributed by atoms with Crippen molar-refractivity contribution in [3.05, 3.63) is 72.2 Å². The van der Waals surface area contributed by atoms with Crippen molar-refractivity contribution in [2.24, 2.45) is 0 Å². The predicted molar refractivity (Wildman–Crippen MR) is 135 cm³/mol. The summed E-state index contributed by atoms with van der Waals surface area (Å²) in [7, 11) is 5.76. The summed E-state index contributed by atoms with van der Waals surface area (Å²) in [6, 6.07) is 16.6. The normalized spacial score (nSPS) is 11.3. The fraction of sp³-hybridized carbons (Fsp3) is 0.231. The van der Waals surface area contributed by atoms with E-state index in [1.165, 1.54) is 16.3 Å². The predicted octanol–water partition coefficient (Wildman–Crippen LogP) is 5.20. The number of fused-ring (bicyclic) bond motifs is 2. The molecular weight excluding hydrogens is 412 g/mol. The molecule has 0 fully saturated rings. The van der Waals surface area contributed by atoms with E-state index in [4.69, 9.17) is 9.72 Å². The summed E-state index contributed by atoms with van der Waals surface area (Å²) in [6.45, 7) is 2.87. The molecule has 0 aliphatic rings. The van der Waals surface area contributed by atoms with Gasteiger partial charge in [-0.2, -0.15) is 4.98 Å². The van der Waals surface area contributed by atoms with Crippen molar-refractivity contribution in [1.29, 1.82) is 0 Å². The first-order valence-electron chi connectivity index (χ1n) is 11.0. The number of aromatic amines is 2. The van der Waals surface area contributed by atoms with Gasteiger partial charge in [-0.15, -0.1) is 0 Å². The van der Waals surface area contributed by atoms with E-state index in [2.05, 4.69) is 74.3 Å². The number of hydrogen-bond acceptors (Lipinski definition) is 5. The number of benzene rings is 2. The van der Waals surface area contributed by atoms with E-state index in [9.17, 15) is 0 Å². The maximum Gasteiger partial charge on any atom is 0.227 e. The molecule has 2 aromatic carbocycles. The molecule has 0 saturated carbocycles. The molecule has 168 valence electrons. The minimum Gasteiger partial charge on any atom is -0.497 e. The molecule has 2 N–H and O–H groups in total. The number of nitrogens with zero attached hydrogens (tertiary/aromatic N) is 4. The first-order chi connectivity index (χ1) is 16.0. The molecule has 0 atom stereocenters. The second-order valence-corrected chi connectivity index (χ2v) is 8.39. The number of aromatic nitrogens is 4. The summed E-state index contributed by atoms with van der Waals surface area (Å²) in [5.41, 5.74) is 5.75. The van der Waals surface area contributed by atoms with Crippen molar-refractivity contribution in [3.8, 4) is 5.75 Å². The third-order valence-corrected chi connectivity index (χ3v) is 6.13. The quantitative estimate of drug-likeness (QED) is 0.364. The Morgan fingerprint density at radius 1 is 1.00 bits per heavy atom. The Morgan fingerprint density at radius 3 is 2.70 bits per heavy atom. The molecule has 0 unspecified atom stereocenters. The van der Waals surface area contributed by atoms with Crippen molar-refractivity contribution in [1.82, 2.24) is 19.9 Å².